The number of aliphatic carboxylic acids is 1. The number of halogens is 1. The quantitative estimate of drug-likeness (QED) is 0.795. The van der Waals surface area contributed by atoms with Crippen LogP contribution in [-0.2, 0) is 17.9 Å². The average Bonchev–Trinajstić information content (AvgIpc) is 3.11. The van der Waals surface area contributed by atoms with Crippen LogP contribution in [0.15, 0.2) is 42.7 Å². The van der Waals surface area contributed by atoms with Crippen LogP contribution in [0.4, 0.5) is 5.69 Å². The Labute approximate surface area is 142 Å². The van der Waals surface area contributed by atoms with Gasteiger partial charge in [-0.05, 0) is 30.3 Å². The zero-order chi connectivity index (χ0) is 16.8. The number of rotatable bonds is 3. The molecule has 0 spiro atoms. The first-order valence-electron chi connectivity index (χ1n) is 7.52. The summed E-state index contributed by atoms with van der Waals surface area (Å²) in [5.74, 6) is -1.02. The fourth-order valence-electron chi connectivity index (χ4n) is 3.18. The smallest absolute Gasteiger partial charge is 0.323 e. The second kappa shape index (κ2) is 5.42. The van der Waals surface area contributed by atoms with E-state index in [0.717, 1.165) is 16.6 Å². The Morgan fingerprint density at radius 1 is 1.17 bits per heavy atom. The Morgan fingerprint density at radius 2 is 2.00 bits per heavy atom. The standard InChI is InChI=1S/C17H14ClN3O3/c18-13-4-6-19-7-8-21(17(24)16(13)19)12-1-2-14-11(9-12)3-5-20(14)10-15(22)23/h1-6,9H,7-8,10H2,(H,22,23). The van der Waals surface area contributed by atoms with Crippen LogP contribution in [0.3, 0.4) is 0 Å². The third-order valence-electron chi connectivity index (χ3n) is 4.30. The number of carboxylic acid groups (broad SMARTS) is 1. The Morgan fingerprint density at radius 3 is 2.79 bits per heavy atom. The summed E-state index contributed by atoms with van der Waals surface area (Å²) in [5.41, 5.74) is 2.11. The van der Waals surface area contributed by atoms with E-state index in [1.165, 1.54) is 0 Å². The van der Waals surface area contributed by atoms with Crippen molar-refractivity contribution in [1.29, 1.82) is 0 Å². The third-order valence-corrected chi connectivity index (χ3v) is 4.60. The number of anilines is 1. The summed E-state index contributed by atoms with van der Waals surface area (Å²) in [6.45, 7) is 1.17. The molecule has 1 N–H and O–H groups in total. The van der Waals surface area contributed by atoms with Gasteiger partial charge in [0.05, 0.1) is 5.02 Å². The second-order valence-electron chi connectivity index (χ2n) is 5.74. The van der Waals surface area contributed by atoms with Gasteiger partial charge in [-0.1, -0.05) is 11.6 Å². The van der Waals surface area contributed by atoms with Crippen LogP contribution in [-0.4, -0.2) is 32.7 Å². The molecule has 2 aromatic heterocycles. The van der Waals surface area contributed by atoms with Gasteiger partial charge < -0.3 is 19.1 Å². The first kappa shape index (κ1) is 14.8. The van der Waals surface area contributed by atoms with Crippen molar-refractivity contribution in [3.63, 3.8) is 0 Å². The zero-order valence-corrected chi connectivity index (χ0v) is 13.4. The van der Waals surface area contributed by atoms with Gasteiger partial charge in [-0.15, -0.1) is 0 Å². The van der Waals surface area contributed by atoms with Crippen LogP contribution in [0.25, 0.3) is 10.9 Å². The van der Waals surface area contributed by atoms with E-state index in [2.05, 4.69) is 0 Å². The van der Waals surface area contributed by atoms with Crippen molar-refractivity contribution in [2.75, 3.05) is 11.4 Å². The molecule has 24 heavy (non-hydrogen) atoms. The molecule has 1 aromatic carbocycles. The van der Waals surface area contributed by atoms with Gasteiger partial charge in [0.25, 0.3) is 5.91 Å². The topological polar surface area (TPSA) is 67.5 Å². The molecule has 4 rings (SSSR count). The van der Waals surface area contributed by atoms with E-state index in [0.29, 0.717) is 23.8 Å². The highest BCUT2D eigenvalue weighted by molar-refractivity contribution is 6.34. The summed E-state index contributed by atoms with van der Waals surface area (Å²) in [5, 5.41) is 10.3. The van der Waals surface area contributed by atoms with E-state index >= 15 is 0 Å². The molecule has 0 saturated heterocycles. The number of hydrogen-bond acceptors (Lipinski definition) is 2. The fraction of sp³-hybridized carbons (Fsp3) is 0.176. The lowest BCUT2D eigenvalue weighted by molar-refractivity contribution is -0.137. The van der Waals surface area contributed by atoms with E-state index < -0.39 is 5.97 Å². The number of hydrogen-bond donors (Lipinski definition) is 1. The first-order valence-corrected chi connectivity index (χ1v) is 7.89. The van der Waals surface area contributed by atoms with Crippen LogP contribution in [0, 0.1) is 0 Å². The van der Waals surface area contributed by atoms with Crippen LogP contribution in [0.5, 0.6) is 0 Å². The molecule has 0 fully saturated rings. The third kappa shape index (κ3) is 2.27. The monoisotopic (exact) mass is 343 g/mol. The number of carbonyl (C=O) groups is 2. The maximum absolute atomic E-state index is 12.7. The Bertz CT molecular complexity index is 973. The molecule has 0 saturated carbocycles. The van der Waals surface area contributed by atoms with Crippen molar-refractivity contribution in [3.05, 3.63) is 53.4 Å². The lowest BCUT2D eigenvalue weighted by atomic mass is 10.2. The maximum atomic E-state index is 12.7. The number of carboxylic acids is 1. The Hall–Kier alpha value is -2.73. The molecule has 0 radical (unpaired) electrons. The molecule has 6 nitrogen and oxygen atoms in total. The van der Waals surface area contributed by atoms with Crippen molar-refractivity contribution in [3.8, 4) is 0 Å². The predicted octanol–water partition coefficient (Wildman–Crippen LogP) is 2.84. The molecule has 3 aromatic rings. The number of aromatic nitrogens is 2. The molecule has 1 aliphatic rings. The predicted molar refractivity (Wildman–Crippen MR) is 90.7 cm³/mol. The largest absolute Gasteiger partial charge is 0.480 e. The van der Waals surface area contributed by atoms with Gasteiger partial charge in [0.15, 0.2) is 0 Å². The van der Waals surface area contributed by atoms with Gasteiger partial charge >= 0.3 is 5.97 Å². The molecule has 0 aliphatic carbocycles. The SMILES string of the molecule is O=C(O)Cn1ccc2cc(N3CCn4ccc(Cl)c4C3=O)ccc21. The van der Waals surface area contributed by atoms with Crippen molar-refractivity contribution < 1.29 is 14.7 Å². The molecular weight excluding hydrogens is 330 g/mol. The zero-order valence-electron chi connectivity index (χ0n) is 12.6. The Balaban J connectivity index is 1.71. The molecule has 1 amide bonds. The summed E-state index contributed by atoms with van der Waals surface area (Å²) in [6.07, 6.45) is 3.56. The molecule has 122 valence electrons. The highest BCUT2D eigenvalue weighted by Crippen LogP contribution is 2.29. The number of fused-ring (bicyclic) bond motifs is 2. The maximum Gasteiger partial charge on any atom is 0.323 e. The van der Waals surface area contributed by atoms with E-state index in [1.54, 1.807) is 21.7 Å². The number of benzene rings is 1. The van der Waals surface area contributed by atoms with Crippen molar-refractivity contribution in [2.45, 2.75) is 13.1 Å². The van der Waals surface area contributed by atoms with Gasteiger partial charge in [-0.25, -0.2) is 0 Å². The lowest BCUT2D eigenvalue weighted by Gasteiger charge is -2.28. The van der Waals surface area contributed by atoms with Crippen molar-refractivity contribution >= 4 is 40.1 Å². The summed E-state index contributed by atoms with van der Waals surface area (Å²) in [6, 6.07) is 9.17. The normalized spacial score (nSPS) is 14.2. The second-order valence-corrected chi connectivity index (χ2v) is 6.15. The minimum Gasteiger partial charge on any atom is -0.480 e. The van der Waals surface area contributed by atoms with E-state index in [9.17, 15) is 9.59 Å². The number of nitrogens with zero attached hydrogens (tertiary/aromatic N) is 3. The fourth-order valence-corrected chi connectivity index (χ4v) is 3.43. The van der Waals surface area contributed by atoms with Crippen LogP contribution in [0.2, 0.25) is 5.02 Å². The van der Waals surface area contributed by atoms with Gasteiger partial charge in [0.2, 0.25) is 0 Å². The summed E-state index contributed by atoms with van der Waals surface area (Å²) in [4.78, 5) is 25.3. The molecule has 0 bridgehead atoms. The van der Waals surface area contributed by atoms with Gasteiger partial charge in [-0.2, -0.15) is 0 Å². The molecule has 0 atom stereocenters. The first-order chi connectivity index (χ1) is 11.5. The Kier molecular flexibility index (Phi) is 3.35. The molecule has 3 heterocycles. The molecular formula is C17H14ClN3O3. The van der Waals surface area contributed by atoms with Crippen molar-refractivity contribution in [2.24, 2.45) is 0 Å². The summed E-state index contributed by atoms with van der Waals surface area (Å²) in [7, 11) is 0. The van der Waals surface area contributed by atoms with Crippen LogP contribution in [0.1, 0.15) is 10.5 Å². The van der Waals surface area contributed by atoms with Gasteiger partial charge in [0.1, 0.15) is 12.2 Å². The molecule has 7 heteroatoms. The van der Waals surface area contributed by atoms with Crippen molar-refractivity contribution in [1.82, 2.24) is 9.13 Å². The summed E-state index contributed by atoms with van der Waals surface area (Å²) >= 11 is 6.12. The summed E-state index contributed by atoms with van der Waals surface area (Å²) < 4.78 is 3.53. The average molecular weight is 344 g/mol. The highest BCUT2D eigenvalue weighted by Gasteiger charge is 2.28. The van der Waals surface area contributed by atoms with Gasteiger partial charge in [0, 0.05) is 42.1 Å². The minimum absolute atomic E-state index is 0.0887. The molecule has 1 aliphatic heterocycles. The van der Waals surface area contributed by atoms with E-state index in [-0.39, 0.29) is 12.5 Å². The minimum atomic E-state index is -0.891. The number of amides is 1. The molecule has 0 unspecified atom stereocenters. The van der Waals surface area contributed by atoms with E-state index in [1.807, 2.05) is 35.0 Å². The lowest BCUT2D eigenvalue weighted by Crippen LogP contribution is -2.40. The van der Waals surface area contributed by atoms with Gasteiger partial charge in [-0.3, -0.25) is 9.59 Å². The van der Waals surface area contributed by atoms with E-state index in [4.69, 9.17) is 16.7 Å². The van der Waals surface area contributed by atoms with Crippen LogP contribution >= 0.6 is 11.6 Å². The highest BCUT2D eigenvalue weighted by atomic mass is 35.5. The van der Waals surface area contributed by atoms with Crippen LogP contribution < -0.4 is 4.90 Å². The number of carbonyl (C=O) groups excluding carboxylic acids is 1.